The number of nitrogens with one attached hydrogen (secondary N) is 1. The van der Waals surface area contributed by atoms with Gasteiger partial charge in [-0.15, -0.1) is 0 Å². The third-order valence-corrected chi connectivity index (χ3v) is 3.72. The third-order valence-electron chi connectivity index (χ3n) is 3.72. The summed E-state index contributed by atoms with van der Waals surface area (Å²) < 4.78 is 0. The normalized spacial score (nSPS) is 11.1. The molecule has 120 valence electrons. The molecule has 0 heterocycles. The van der Waals surface area contributed by atoms with Gasteiger partial charge < -0.3 is 5.32 Å². The number of ketones is 1. The van der Waals surface area contributed by atoms with Crippen LogP contribution in [-0.2, 0) is 21.4 Å². The Morgan fingerprint density at radius 1 is 0.913 bits per heavy atom. The fourth-order valence-electron chi connectivity index (χ4n) is 2.45. The van der Waals surface area contributed by atoms with E-state index in [-0.39, 0.29) is 11.8 Å². The number of para-hydroxylation sites is 1. The topological polar surface area (TPSA) is 46.2 Å². The molecule has 0 radical (unpaired) electrons. The van der Waals surface area contributed by atoms with Crippen LogP contribution in [-0.4, -0.2) is 11.7 Å². The van der Waals surface area contributed by atoms with Crippen molar-refractivity contribution in [1.82, 2.24) is 0 Å². The second-order valence-electron chi connectivity index (χ2n) is 6.66. The van der Waals surface area contributed by atoms with Crippen LogP contribution in [0.15, 0.2) is 54.6 Å². The average molecular weight is 309 g/mol. The van der Waals surface area contributed by atoms with Crippen molar-refractivity contribution >= 4 is 17.4 Å². The maximum Gasteiger partial charge on any atom is 0.291 e. The minimum Gasteiger partial charge on any atom is -0.319 e. The molecule has 0 bridgehead atoms. The molecule has 3 nitrogen and oxygen atoms in total. The molecule has 1 N–H and O–H groups in total. The predicted molar refractivity (Wildman–Crippen MR) is 93.5 cm³/mol. The summed E-state index contributed by atoms with van der Waals surface area (Å²) in [6, 6.07) is 17.3. The van der Waals surface area contributed by atoms with E-state index in [1.54, 1.807) is 0 Å². The van der Waals surface area contributed by atoms with Crippen LogP contribution >= 0.6 is 0 Å². The second-order valence-corrected chi connectivity index (χ2v) is 6.66. The molecular weight excluding hydrogens is 286 g/mol. The van der Waals surface area contributed by atoms with Crippen LogP contribution in [0.5, 0.6) is 0 Å². The van der Waals surface area contributed by atoms with Crippen molar-refractivity contribution in [3.8, 4) is 0 Å². The molecule has 0 spiro atoms. The first-order chi connectivity index (χ1) is 10.9. The predicted octanol–water partition coefficient (Wildman–Crippen LogP) is 4.12. The number of benzene rings is 2. The van der Waals surface area contributed by atoms with Gasteiger partial charge in [0.05, 0.1) is 0 Å². The monoisotopic (exact) mass is 309 g/mol. The third kappa shape index (κ3) is 4.78. The van der Waals surface area contributed by atoms with E-state index < -0.39 is 11.7 Å². The fourth-order valence-corrected chi connectivity index (χ4v) is 2.45. The van der Waals surface area contributed by atoms with E-state index >= 15 is 0 Å². The van der Waals surface area contributed by atoms with Gasteiger partial charge in [-0.2, -0.15) is 0 Å². The smallest absolute Gasteiger partial charge is 0.291 e. The zero-order valence-electron chi connectivity index (χ0n) is 13.9. The number of carbonyl (C=O) groups is 2. The van der Waals surface area contributed by atoms with E-state index in [1.165, 1.54) is 0 Å². The molecule has 0 aliphatic carbocycles. The number of rotatable bonds is 5. The van der Waals surface area contributed by atoms with Gasteiger partial charge in [-0.1, -0.05) is 69.3 Å². The highest BCUT2D eigenvalue weighted by molar-refractivity contribution is 6.40. The largest absolute Gasteiger partial charge is 0.319 e. The van der Waals surface area contributed by atoms with E-state index in [2.05, 4.69) is 26.1 Å². The Labute approximate surface area is 137 Å². The average Bonchev–Trinajstić information content (AvgIpc) is 2.53. The first-order valence-electron chi connectivity index (χ1n) is 7.85. The van der Waals surface area contributed by atoms with Gasteiger partial charge in [-0.05, 0) is 29.0 Å². The Morgan fingerprint density at radius 3 is 2.17 bits per heavy atom. The van der Waals surface area contributed by atoms with Gasteiger partial charge in [0.2, 0.25) is 5.78 Å². The van der Waals surface area contributed by atoms with Crippen molar-refractivity contribution in [2.45, 2.75) is 39.0 Å². The lowest BCUT2D eigenvalue weighted by atomic mass is 9.86. The lowest BCUT2D eigenvalue weighted by Gasteiger charge is -2.22. The zero-order valence-corrected chi connectivity index (χ0v) is 13.9. The quantitative estimate of drug-likeness (QED) is 0.844. The molecule has 0 saturated carbocycles. The Hall–Kier alpha value is -2.42. The summed E-state index contributed by atoms with van der Waals surface area (Å²) in [6.45, 7) is 6.24. The van der Waals surface area contributed by atoms with E-state index in [9.17, 15) is 9.59 Å². The van der Waals surface area contributed by atoms with Crippen molar-refractivity contribution in [2.75, 3.05) is 5.32 Å². The molecule has 2 rings (SSSR count). The molecule has 0 atom stereocenters. The van der Waals surface area contributed by atoms with Gasteiger partial charge in [0.15, 0.2) is 0 Å². The summed E-state index contributed by atoms with van der Waals surface area (Å²) in [5.74, 6) is -0.935. The van der Waals surface area contributed by atoms with Gasteiger partial charge in [-0.25, -0.2) is 0 Å². The van der Waals surface area contributed by atoms with Gasteiger partial charge in [0.1, 0.15) is 0 Å². The van der Waals surface area contributed by atoms with Crippen molar-refractivity contribution in [2.24, 2.45) is 0 Å². The number of hydrogen-bond donors (Lipinski definition) is 1. The van der Waals surface area contributed by atoms with Crippen LogP contribution in [0.2, 0.25) is 0 Å². The number of anilines is 1. The lowest BCUT2D eigenvalue weighted by molar-refractivity contribution is -0.134. The zero-order chi connectivity index (χ0) is 16.9. The molecule has 2 aromatic rings. The highest BCUT2D eigenvalue weighted by Gasteiger charge is 2.20. The van der Waals surface area contributed by atoms with Crippen LogP contribution in [0.3, 0.4) is 0 Å². The summed E-state index contributed by atoms with van der Waals surface area (Å²) in [6.07, 6.45) is 0.793. The Balaban J connectivity index is 2.01. The highest BCUT2D eigenvalue weighted by Crippen LogP contribution is 2.29. The first kappa shape index (κ1) is 16.9. The molecule has 0 unspecified atom stereocenters. The second kappa shape index (κ2) is 7.23. The molecule has 0 aliphatic rings. The van der Waals surface area contributed by atoms with Crippen molar-refractivity contribution in [1.29, 1.82) is 0 Å². The van der Waals surface area contributed by atoms with Crippen LogP contribution in [0, 0.1) is 0 Å². The molecular formula is C20H23NO2. The summed E-state index contributed by atoms with van der Waals surface area (Å²) in [5, 5.41) is 2.76. The van der Waals surface area contributed by atoms with Crippen LogP contribution in [0.4, 0.5) is 5.69 Å². The van der Waals surface area contributed by atoms with Crippen LogP contribution in [0.25, 0.3) is 0 Å². The van der Waals surface area contributed by atoms with Gasteiger partial charge in [0, 0.05) is 12.1 Å². The first-order valence-corrected chi connectivity index (χ1v) is 7.85. The van der Waals surface area contributed by atoms with Crippen LogP contribution < -0.4 is 5.32 Å². The SMILES string of the molecule is CC(C)(C)c1ccccc1NC(=O)C(=O)CCc1ccccc1. The van der Waals surface area contributed by atoms with Crippen molar-refractivity contribution in [3.05, 3.63) is 65.7 Å². The number of aryl methyl sites for hydroxylation is 1. The molecule has 0 aromatic heterocycles. The van der Waals surface area contributed by atoms with Crippen molar-refractivity contribution in [3.63, 3.8) is 0 Å². The maximum absolute atomic E-state index is 12.2. The molecule has 2 aromatic carbocycles. The summed E-state index contributed by atoms with van der Waals surface area (Å²) in [7, 11) is 0. The molecule has 0 aliphatic heterocycles. The lowest BCUT2D eigenvalue weighted by Crippen LogP contribution is -2.25. The molecule has 23 heavy (non-hydrogen) atoms. The van der Waals surface area contributed by atoms with Crippen LogP contribution in [0.1, 0.15) is 38.3 Å². The minimum absolute atomic E-state index is 0.100. The van der Waals surface area contributed by atoms with E-state index in [0.29, 0.717) is 12.1 Å². The Bertz CT molecular complexity index is 684. The molecule has 1 amide bonds. The highest BCUT2D eigenvalue weighted by atomic mass is 16.2. The maximum atomic E-state index is 12.2. The summed E-state index contributed by atoms with van der Waals surface area (Å²) in [5.41, 5.74) is 2.68. The van der Waals surface area contributed by atoms with E-state index in [4.69, 9.17) is 0 Å². The Morgan fingerprint density at radius 2 is 1.52 bits per heavy atom. The van der Waals surface area contributed by atoms with Gasteiger partial charge in [-0.3, -0.25) is 9.59 Å². The fraction of sp³-hybridized carbons (Fsp3) is 0.300. The Kier molecular flexibility index (Phi) is 5.32. The number of Topliss-reactive ketones (excluding diaryl/α,β-unsaturated/α-hetero) is 1. The molecule has 0 saturated heterocycles. The van der Waals surface area contributed by atoms with Gasteiger partial charge >= 0.3 is 0 Å². The number of carbonyl (C=O) groups excluding carboxylic acids is 2. The van der Waals surface area contributed by atoms with Gasteiger partial charge in [0.25, 0.3) is 5.91 Å². The van der Waals surface area contributed by atoms with E-state index in [1.807, 2.05) is 54.6 Å². The molecule has 3 heteroatoms. The number of amides is 1. The van der Waals surface area contributed by atoms with E-state index in [0.717, 1.165) is 11.1 Å². The molecule has 0 fully saturated rings. The number of hydrogen-bond acceptors (Lipinski definition) is 2. The minimum atomic E-state index is -0.544. The summed E-state index contributed by atoms with van der Waals surface area (Å²) >= 11 is 0. The standard InChI is InChI=1S/C20H23NO2/c1-20(2,3)16-11-7-8-12-17(16)21-19(23)18(22)14-13-15-9-5-4-6-10-15/h4-12H,13-14H2,1-3H3,(H,21,23). The van der Waals surface area contributed by atoms with Crippen molar-refractivity contribution < 1.29 is 9.59 Å². The summed E-state index contributed by atoms with van der Waals surface area (Å²) in [4.78, 5) is 24.2.